The van der Waals surface area contributed by atoms with Crippen LogP contribution in [-0.2, 0) is 11.2 Å². The van der Waals surface area contributed by atoms with Crippen LogP contribution in [0.2, 0.25) is 0 Å². The van der Waals surface area contributed by atoms with Gasteiger partial charge in [0.15, 0.2) is 0 Å². The third kappa shape index (κ3) is 3.41. The first kappa shape index (κ1) is 14.2. The molecule has 5 heteroatoms. The molecule has 2 unspecified atom stereocenters. The Hall–Kier alpha value is -1.23. The predicted octanol–water partition coefficient (Wildman–Crippen LogP) is 2.97. The minimum atomic E-state index is -0.790. The van der Waals surface area contributed by atoms with Crippen molar-refractivity contribution in [3.05, 3.63) is 29.6 Å². The molecule has 2 rings (SSSR count). The summed E-state index contributed by atoms with van der Waals surface area (Å²) < 4.78 is 18.8. The first-order chi connectivity index (χ1) is 8.97. The molecule has 0 bridgehead atoms. The Balaban J connectivity index is 1.92. The Morgan fingerprint density at radius 1 is 1.58 bits per heavy atom. The summed E-state index contributed by atoms with van der Waals surface area (Å²) in [5.41, 5.74) is 0.863. The minimum Gasteiger partial charge on any atom is -0.489 e. The molecule has 2 atom stereocenters. The van der Waals surface area contributed by atoms with Crippen molar-refractivity contribution >= 4 is 17.7 Å². The zero-order valence-corrected chi connectivity index (χ0v) is 11.7. The third-order valence-corrected chi connectivity index (χ3v) is 4.74. The minimum absolute atomic E-state index is 0.0672. The summed E-state index contributed by atoms with van der Waals surface area (Å²) in [5, 5.41) is 8.69. The lowest BCUT2D eigenvalue weighted by Crippen LogP contribution is -2.26. The van der Waals surface area contributed by atoms with E-state index in [0.29, 0.717) is 17.9 Å². The average molecular weight is 284 g/mol. The molecule has 0 radical (unpaired) electrons. The van der Waals surface area contributed by atoms with Crippen LogP contribution in [0, 0.1) is 11.7 Å². The summed E-state index contributed by atoms with van der Waals surface area (Å²) in [5.74, 6) is 0.334. The summed E-state index contributed by atoms with van der Waals surface area (Å²) in [4.78, 5) is 11.1. The number of halogens is 1. The lowest BCUT2D eigenvalue weighted by Gasteiger charge is -2.18. The van der Waals surface area contributed by atoms with Crippen LogP contribution in [-0.4, -0.2) is 28.2 Å². The van der Waals surface area contributed by atoms with Crippen LogP contribution < -0.4 is 4.74 Å². The Kier molecular flexibility index (Phi) is 4.34. The van der Waals surface area contributed by atoms with Crippen LogP contribution in [0.15, 0.2) is 18.2 Å². The molecule has 3 nitrogen and oxygen atoms in total. The van der Waals surface area contributed by atoms with E-state index < -0.39 is 11.2 Å². The molecule has 0 spiro atoms. The van der Waals surface area contributed by atoms with Crippen LogP contribution in [0.1, 0.15) is 19.4 Å². The highest BCUT2D eigenvalue weighted by molar-refractivity contribution is 8.00. The van der Waals surface area contributed by atoms with E-state index in [9.17, 15) is 9.18 Å². The predicted molar refractivity (Wildman–Crippen MR) is 73.2 cm³/mol. The standard InChI is InChI=1S/C14H17FO3S/c1-8(2)13(14(16)17)19-7-11-6-9-5-10(15)3-4-12(9)18-11/h3-5,8,11,13H,6-7H2,1-2H3,(H,16,17). The fraction of sp³-hybridized carbons (Fsp3) is 0.500. The number of rotatable bonds is 5. The molecule has 19 heavy (non-hydrogen) atoms. The molecule has 0 fully saturated rings. The van der Waals surface area contributed by atoms with E-state index >= 15 is 0 Å². The van der Waals surface area contributed by atoms with Gasteiger partial charge in [0.1, 0.15) is 22.9 Å². The first-order valence-electron chi connectivity index (χ1n) is 6.27. The highest BCUT2D eigenvalue weighted by Crippen LogP contribution is 2.32. The van der Waals surface area contributed by atoms with Gasteiger partial charge in [0, 0.05) is 17.7 Å². The summed E-state index contributed by atoms with van der Waals surface area (Å²) in [6.07, 6.45) is 0.576. The van der Waals surface area contributed by atoms with Crippen molar-refractivity contribution in [1.29, 1.82) is 0 Å². The molecule has 1 aromatic rings. The summed E-state index contributed by atoms with van der Waals surface area (Å²) >= 11 is 1.39. The van der Waals surface area contributed by atoms with E-state index in [2.05, 4.69) is 0 Å². The van der Waals surface area contributed by atoms with Gasteiger partial charge in [-0.1, -0.05) is 13.8 Å². The highest BCUT2D eigenvalue weighted by atomic mass is 32.2. The van der Waals surface area contributed by atoms with Gasteiger partial charge in [-0.2, -0.15) is 0 Å². The molecular formula is C14H17FO3S. The second kappa shape index (κ2) is 5.82. The number of benzene rings is 1. The second-order valence-electron chi connectivity index (χ2n) is 5.03. The molecule has 1 aliphatic heterocycles. The molecule has 1 aromatic carbocycles. The fourth-order valence-corrected chi connectivity index (χ4v) is 3.28. The van der Waals surface area contributed by atoms with Crippen LogP contribution in [0.25, 0.3) is 0 Å². The number of carboxylic acid groups (broad SMARTS) is 1. The number of ether oxygens (including phenoxy) is 1. The quantitative estimate of drug-likeness (QED) is 0.903. The normalized spacial score (nSPS) is 19.1. The second-order valence-corrected chi connectivity index (χ2v) is 6.21. The lowest BCUT2D eigenvalue weighted by atomic mass is 10.1. The summed E-state index contributed by atoms with van der Waals surface area (Å²) in [7, 11) is 0. The largest absolute Gasteiger partial charge is 0.489 e. The van der Waals surface area contributed by atoms with Gasteiger partial charge in [0.05, 0.1) is 0 Å². The molecule has 104 valence electrons. The van der Waals surface area contributed by atoms with Gasteiger partial charge >= 0.3 is 5.97 Å². The zero-order valence-electron chi connectivity index (χ0n) is 10.9. The summed E-state index contributed by atoms with van der Waals surface area (Å²) in [6, 6.07) is 4.49. The Morgan fingerprint density at radius 2 is 2.32 bits per heavy atom. The van der Waals surface area contributed by atoms with E-state index in [0.717, 1.165) is 5.56 Å². The first-order valence-corrected chi connectivity index (χ1v) is 7.31. The molecule has 1 aliphatic rings. The van der Waals surface area contributed by atoms with Gasteiger partial charge in [0.25, 0.3) is 0 Å². The number of fused-ring (bicyclic) bond motifs is 1. The Bertz CT molecular complexity index is 476. The van der Waals surface area contributed by atoms with Crippen LogP contribution in [0.3, 0.4) is 0 Å². The van der Waals surface area contributed by atoms with Crippen molar-refractivity contribution < 1.29 is 19.0 Å². The van der Waals surface area contributed by atoms with Gasteiger partial charge in [-0.25, -0.2) is 4.39 Å². The van der Waals surface area contributed by atoms with Crippen LogP contribution in [0.5, 0.6) is 5.75 Å². The number of aliphatic carboxylic acids is 1. The zero-order chi connectivity index (χ0) is 14.0. The highest BCUT2D eigenvalue weighted by Gasteiger charge is 2.27. The molecule has 1 heterocycles. The van der Waals surface area contributed by atoms with Gasteiger partial charge < -0.3 is 9.84 Å². The number of carbonyl (C=O) groups is 1. The molecule has 0 saturated heterocycles. The topological polar surface area (TPSA) is 46.5 Å². The maximum absolute atomic E-state index is 13.1. The van der Waals surface area contributed by atoms with Crippen molar-refractivity contribution in [1.82, 2.24) is 0 Å². The monoisotopic (exact) mass is 284 g/mol. The molecule has 0 aromatic heterocycles. The molecule has 1 N–H and O–H groups in total. The summed E-state index contributed by atoms with van der Waals surface area (Å²) in [6.45, 7) is 3.79. The lowest BCUT2D eigenvalue weighted by molar-refractivity contribution is -0.137. The van der Waals surface area contributed by atoms with E-state index in [1.54, 1.807) is 6.07 Å². The number of carboxylic acids is 1. The molecule has 0 aliphatic carbocycles. The van der Waals surface area contributed by atoms with Crippen molar-refractivity contribution in [2.45, 2.75) is 31.6 Å². The van der Waals surface area contributed by atoms with Crippen LogP contribution in [0.4, 0.5) is 4.39 Å². The maximum atomic E-state index is 13.1. The van der Waals surface area contributed by atoms with E-state index in [1.807, 2.05) is 13.8 Å². The van der Waals surface area contributed by atoms with Crippen molar-refractivity contribution in [2.75, 3.05) is 5.75 Å². The van der Waals surface area contributed by atoms with Crippen molar-refractivity contribution in [2.24, 2.45) is 5.92 Å². The maximum Gasteiger partial charge on any atom is 0.316 e. The van der Waals surface area contributed by atoms with Crippen LogP contribution >= 0.6 is 11.8 Å². The fourth-order valence-electron chi connectivity index (χ4n) is 2.14. The number of thioether (sulfide) groups is 1. The third-order valence-electron chi connectivity index (χ3n) is 3.07. The van der Waals surface area contributed by atoms with Crippen molar-refractivity contribution in [3.8, 4) is 5.75 Å². The van der Waals surface area contributed by atoms with E-state index in [-0.39, 0.29) is 17.8 Å². The van der Waals surface area contributed by atoms with Gasteiger partial charge in [-0.05, 0) is 24.1 Å². The molecule has 0 saturated carbocycles. The molecular weight excluding hydrogens is 267 g/mol. The van der Waals surface area contributed by atoms with Gasteiger partial charge in [-0.15, -0.1) is 11.8 Å². The Morgan fingerprint density at radius 3 is 2.95 bits per heavy atom. The van der Waals surface area contributed by atoms with E-state index in [1.165, 1.54) is 23.9 Å². The number of hydrogen-bond acceptors (Lipinski definition) is 3. The van der Waals surface area contributed by atoms with Gasteiger partial charge in [-0.3, -0.25) is 4.79 Å². The number of hydrogen-bond donors (Lipinski definition) is 1. The van der Waals surface area contributed by atoms with Gasteiger partial charge in [0.2, 0.25) is 0 Å². The van der Waals surface area contributed by atoms with E-state index in [4.69, 9.17) is 9.84 Å². The SMILES string of the molecule is CC(C)C(SCC1Cc2cc(F)ccc2O1)C(=O)O. The smallest absolute Gasteiger partial charge is 0.316 e. The molecule has 0 amide bonds. The average Bonchev–Trinajstić information content (AvgIpc) is 2.70. The Labute approximate surface area is 116 Å². The van der Waals surface area contributed by atoms with Crippen molar-refractivity contribution in [3.63, 3.8) is 0 Å².